The van der Waals surface area contributed by atoms with Crippen LogP contribution in [0.4, 0.5) is 22.0 Å². The van der Waals surface area contributed by atoms with E-state index in [0.29, 0.717) is 24.3 Å². The second kappa shape index (κ2) is 7.40. The van der Waals surface area contributed by atoms with Crippen molar-refractivity contribution >= 4 is 5.97 Å². The highest BCUT2D eigenvalue weighted by atomic mass is 19.4. The Bertz CT molecular complexity index is 617. The lowest BCUT2D eigenvalue weighted by Gasteiger charge is -2.37. The van der Waals surface area contributed by atoms with Crippen molar-refractivity contribution in [2.75, 3.05) is 0 Å². The highest BCUT2D eigenvalue weighted by Crippen LogP contribution is 2.44. The Kier molecular flexibility index (Phi) is 5.82. The minimum atomic E-state index is -5.83. The van der Waals surface area contributed by atoms with Crippen LogP contribution in [0, 0.1) is 5.92 Å². The van der Waals surface area contributed by atoms with Gasteiger partial charge in [-0.05, 0) is 49.3 Å². The third kappa shape index (κ3) is 4.10. The van der Waals surface area contributed by atoms with E-state index in [2.05, 4.69) is 11.7 Å². The lowest BCUT2D eigenvalue weighted by atomic mass is 9.66. The van der Waals surface area contributed by atoms with Crippen LogP contribution < -0.4 is 4.74 Å². The maximum absolute atomic E-state index is 12.9. The molecule has 3 nitrogen and oxygen atoms in total. The molecule has 0 aliphatic heterocycles. The number of aliphatic carboxylic acids is 1. The van der Waals surface area contributed by atoms with E-state index >= 15 is 0 Å². The fourth-order valence-electron chi connectivity index (χ4n) is 3.54. The van der Waals surface area contributed by atoms with E-state index in [1.54, 1.807) is 0 Å². The molecule has 0 spiro atoms. The predicted molar refractivity (Wildman–Crippen MR) is 84.3 cm³/mol. The normalized spacial score (nSPS) is 24.3. The summed E-state index contributed by atoms with van der Waals surface area (Å²) >= 11 is 0. The summed E-state index contributed by atoms with van der Waals surface area (Å²) in [5, 5.41) is 9.72. The Balaban J connectivity index is 2.18. The van der Waals surface area contributed by atoms with Crippen LogP contribution in [0.15, 0.2) is 24.3 Å². The summed E-state index contributed by atoms with van der Waals surface area (Å²) in [6, 6.07) is 4.43. The fraction of sp³-hybridized carbons (Fsp3) is 0.611. The topological polar surface area (TPSA) is 46.5 Å². The molecule has 0 atom stereocenters. The van der Waals surface area contributed by atoms with Gasteiger partial charge in [-0.2, -0.15) is 22.0 Å². The standard InChI is InChI=1S/C18H21F5O3/c1-2-3-12-8-10-16(11-9-12,15(24)25)13-4-6-14(7-5-13)26-18(22,23)17(19,20)21/h4-7,12H,2-3,8-11H2,1H3,(H,24,25). The van der Waals surface area contributed by atoms with Crippen LogP contribution >= 0.6 is 0 Å². The number of carboxylic acids is 1. The molecule has 0 unspecified atom stereocenters. The van der Waals surface area contributed by atoms with Crippen molar-refractivity contribution in [2.45, 2.75) is 63.1 Å². The van der Waals surface area contributed by atoms with Gasteiger partial charge in [0, 0.05) is 0 Å². The smallest absolute Gasteiger partial charge is 0.481 e. The first-order valence-corrected chi connectivity index (χ1v) is 8.49. The highest BCUT2D eigenvalue weighted by Gasteiger charge is 2.61. The number of ether oxygens (including phenoxy) is 1. The number of hydrogen-bond donors (Lipinski definition) is 1. The van der Waals surface area contributed by atoms with Gasteiger partial charge in [0.2, 0.25) is 0 Å². The van der Waals surface area contributed by atoms with Crippen LogP contribution in [-0.2, 0) is 10.2 Å². The molecule has 1 saturated carbocycles. The lowest BCUT2D eigenvalue weighted by molar-refractivity contribution is -0.360. The van der Waals surface area contributed by atoms with E-state index < -0.39 is 29.4 Å². The molecular formula is C18H21F5O3. The summed E-state index contributed by atoms with van der Waals surface area (Å²) in [7, 11) is 0. The molecule has 1 aromatic rings. The second-order valence-corrected chi connectivity index (χ2v) is 6.76. The quantitative estimate of drug-likeness (QED) is 0.660. The zero-order valence-corrected chi connectivity index (χ0v) is 14.3. The fourth-order valence-corrected chi connectivity index (χ4v) is 3.54. The Labute approximate surface area is 148 Å². The van der Waals surface area contributed by atoms with Gasteiger partial charge in [0.1, 0.15) is 5.75 Å². The molecule has 146 valence electrons. The van der Waals surface area contributed by atoms with Crippen molar-refractivity contribution in [3.05, 3.63) is 29.8 Å². The van der Waals surface area contributed by atoms with E-state index in [9.17, 15) is 31.9 Å². The number of halogens is 5. The maximum Gasteiger partial charge on any atom is 0.499 e. The molecule has 26 heavy (non-hydrogen) atoms. The van der Waals surface area contributed by atoms with Gasteiger partial charge in [0.15, 0.2) is 0 Å². The molecule has 0 saturated heterocycles. The number of carboxylic acid groups (broad SMARTS) is 1. The van der Waals surface area contributed by atoms with Crippen molar-refractivity contribution in [1.82, 2.24) is 0 Å². The first-order chi connectivity index (χ1) is 12.0. The zero-order valence-electron chi connectivity index (χ0n) is 14.3. The Hall–Kier alpha value is -1.86. The molecule has 0 heterocycles. The maximum atomic E-state index is 12.9. The molecule has 2 rings (SSSR count). The van der Waals surface area contributed by atoms with Gasteiger partial charge in [-0.1, -0.05) is 31.9 Å². The van der Waals surface area contributed by atoms with Gasteiger partial charge < -0.3 is 9.84 Å². The van der Waals surface area contributed by atoms with E-state index in [1.165, 1.54) is 12.1 Å². The van der Waals surface area contributed by atoms with Gasteiger partial charge in [0.25, 0.3) is 0 Å². The molecular weight excluding hydrogens is 359 g/mol. The summed E-state index contributed by atoms with van der Waals surface area (Å²) in [4.78, 5) is 11.9. The van der Waals surface area contributed by atoms with E-state index in [1.807, 2.05) is 0 Å². The lowest BCUT2D eigenvalue weighted by Crippen LogP contribution is -2.42. The molecule has 1 aliphatic carbocycles. The number of benzene rings is 1. The molecule has 1 fully saturated rings. The average molecular weight is 380 g/mol. The number of hydrogen-bond acceptors (Lipinski definition) is 2. The molecule has 0 aromatic heterocycles. The van der Waals surface area contributed by atoms with Crippen LogP contribution in [0.2, 0.25) is 0 Å². The van der Waals surface area contributed by atoms with Gasteiger partial charge in [-0.15, -0.1) is 0 Å². The zero-order chi connectivity index (χ0) is 19.6. The number of rotatable bonds is 6. The Morgan fingerprint density at radius 2 is 1.69 bits per heavy atom. The predicted octanol–water partition coefficient (Wildman–Crippen LogP) is 5.53. The summed E-state index contributed by atoms with van der Waals surface area (Å²) < 4.78 is 66.3. The number of alkyl halides is 5. The van der Waals surface area contributed by atoms with Crippen LogP contribution in [0.5, 0.6) is 5.75 Å². The Morgan fingerprint density at radius 3 is 2.12 bits per heavy atom. The summed E-state index contributed by atoms with van der Waals surface area (Å²) in [5.41, 5.74) is -0.752. The van der Waals surface area contributed by atoms with Gasteiger partial charge in [0.05, 0.1) is 5.41 Å². The van der Waals surface area contributed by atoms with Crippen molar-refractivity contribution in [1.29, 1.82) is 0 Å². The largest absolute Gasteiger partial charge is 0.499 e. The van der Waals surface area contributed by atoms with E-state index in [0.717, 1.165) is 37.8 Å². The Morgan fingerprint density at radius 1 is 1.15 bits per heavy atom. The SMILES string of the molecule is CCCC1CCC(C(=O)O)(c2ccc(OC(F)(F)C(F)(F)F)cc2)CC1. The van der Waals surface area contributed by atoms with Crippen molar-refractivity contribution in [3.63, 3.8) is 0 Å². The highest BCUT2D eigenvalue weighted by molar-refractivity contribution is 5.81. The molecule has 1 aliphatic rings. The number of carbonyl (C=O) groups is 1. The van der Waals surface area contributed by atoms with Crippen molar-refractivity contribution in [3.8, 4) is 5.75 Å². The molecule has 1 aromatic carbocycles. The third-order valence-corrected chi connectivity index (χ3v) is 5.05. The molecule has 1 N–H and O–H groups in total. The van der Waals surface area contributed by atoms with Gasteiger partial charge >= 0.3 is 18.3 Å². The summed E-state index contributed by atoms with van der Waals surface area (Å²) in [5.74, 6) is -1.22. The third-order valence-electron chi connectivity index (χ3n) is 5.05. The summed E-state index contributed by atoms with van der Waals surface area (Å²) in [6.07, 6.45) is -6.80. The summed E-state index contributed by atoms with van der Waals surface area (Å²) in [6.45, 7) is 2.06. The van der Waals surface area contributed by atoms with Crippen molar-refractivity contribution < 1.29 is 36.6 Å². The van der Waals surface area contributed by atoms with Gasteiger partial charge in [-0.3, -0.25) is 4.79 Å². The van der Waals surface area contributed by atoms with Crippen LogP contribution in [-0.4, -0.2) is 23.4 Å². The molecule has 0 bridgehead atoms. The minimum absolute atomic E-state index is 0.391. The van der Waals surface area contributed by atoms with Crippen LogP contribution in [0.3, 0.4) is 0 Å². The second-order valence-electron chi connectivity index (χ2n) is 6.76. The first kappa shape index (κ1) is 20.5. The van der Waals surface area contributed by atoms with Crippen LogP contribution in [0.1, 0.15) is 51.0 Å². The average Bonchev–Trinajstić information content (AvgIpc) is 2.55. The molecule has 0 amide bonds. The van der Waals surface area contributed by atoms with E-state index in [4.69, 9.17) is 0 Å². The molecule has 0 radical (unpaired) electrons. The molecule has 8 heteroatoms. The van der Waals surface area contributed by atoms with Gasteiger partial charge in [-0.25, -0.2) is 0 Å². The van der Waals surface area contributed by atoms with Crippen molar-refractivity contribution in [2.24, 2.45) is 5.92 Å². The monoisotopic (exact) mass is 380 g/mol. The van der Waals surface area contributed by atoms with E-state index in [-0.39, 0.29) is 0 Å². The first-order valence-electron chi connectivity index (χ1n) is 8.49. The van der Waals surface area contributed by atoms with Crippen LogP contribution in [0.25, 0.3) is 0 Å². The minimum Gasteiger partial charge on any atom is -0.481 e.